The number of methoxy groups -OCH3 is 2. The van der Waals surface area contributed by atoms with Crippen LogP contribution in [0, 0.1) is 0 Å². The second kappa shape index (κ2) is 10.1. The molecule has 1 unspecified atom stereocenters. The van der Waals surface area contributed by atoms with Crippen LogP contribution < -0.4 is 5.32 Å². The fourth-order valence-electron chi connectivity index (χ4n) is 2.04. The lowest BCUT2D eigenvalue weighted by Crippen LogP contribution is -2.52. The third-order valence-corrected chi connectivity index (χ3v) is 3.49. The van der Waals surface area contributed by atoms with E-state index in [9.17, 15) is 4.79 Å². The molecule has 6 heteroatoms. The van der Waals surface area contributed by atoms with Gasteiger partial charge in [0.25, 0.3) is 0 Å². The van der Waals surface area contributed by atoms with E-state index >= 15 is 0 Å². The fraction of sp³-hybridized carbons (Fsp3) is 0.933. The maximum atomic E-state index is 11.9. The number of ether oxygens (including phenoxy) is 4. The van der Waals surface area contributed by atoms with Crippen molar-refractivity contribution in [1.29, 1.82) is 0 Å². The Balaban J connectivity index is 2.08. The molecule has 0 heterocycles. The highest BCUT2D eigenvalue weighted by molar-refractivity contribution is 5.80. The summed E-state index contributed by atoms with van der Waals surface area (Å²) in [7, 11) is 3.10. The lowest BCUT2D eigenvalue weighted by Gasteiger charge is -2.28. The predicted octanol–water partition coefficient (Wildman–Crippen LogP) is 1.13. The average Bonchev–Trinajstić information content (AvgIpc) is 3.28. The molecule has 21 heavy (non-hydrogen) atoms. The molecule has 1 fully saturated rings. The fourth-order valence-corrected chi connectivity index (χ4v) is 2.04. The van der Waals surface area contributed by atoms with E-state index in [0.29, 0.717) is 45.5 Å². The van der Waals surface area contributed by atoms with Gasteiger partial charge < -0.3 is 18.9 Å². The van der Waals surface area contributed by atoms with Crippen molar-refractivity contribution in [2.24, 2.45) is 0 Å². The molecule has 1 N–H and O–H groups in total. The van der Waals surface area contributed by atoms with Crippen molar-refractivity contribution in [3.63, 3.8) is 0 Å². The Morgan fingerprint density at radius 2 is 1.76 bits per heavy atom. The van der Waals surface area contributed by atoms with E-state index in [-0.39, 0.29) is 5.97 Å². The van der Waals surface area contributed by atoms with Crippen molar-refractivity contribution >= 4 is 5.97 Å². The molecule has 0 amide bonds. The molecule has 1 aliphatic rings. The second-order valence-electron chi connectivity index (χ2n) is 5.56. The van der Waals surface area contributed by atoms with E-state index in [2.05, 4.69) is 5.32 Å². The summed E-state index contributed by atoms with van der Waals surface area (Å²) >= 11 is 0. The molecular formula is C15H29NO5. The average molecular weight is 303 g/mol. The number of esters is 1. The van der Waals surface area contributed by atoms with Gasteiger partial charge in [0.05, 0.1) is 20.3 Å². The first kappa shape index (κ1) is 18.4. The molecule has 0 saturated heterocycles. The van der Waals surface area contributed by atoms with Gasteiger partial charge in [-0.15, -0.1) is 0 Å². The summed E-state index contributed by atoms with van der Waals surface area (Å²) in [5, 5.41) is 3.34. The summed E-state index contributed by atoms with van der Waals surface area (Å²) in [4.78, 5) is 11.9. The Kier molecular flexibility index (Phi) is 8.84. The SMILES string of the molecule is COCCCOCCOCCC(C)(NC1CC1)C(=O)OC. The molecule has 124 valence electrons. The topological polar surface area (TPSA) is 66.0 Å². The van der Waals surface area contributed by atoms with E-state index in [1.165, 1.54) is 7.11 Å². The lowest BCUT2D eigenvalue weighted by molar-refractivity contribution is -0.149. The van der Waals surface area contributed by atoms with Gasteiger partial charge in [-0.05, 0) is 32.6 Å². The summed E-state index contributed by atoms with van der Waals surface area (Å²) in [5.74, 6) is -0.228. The Labute approximate surface area is 127 Å². The molecule has 1 saturated carbocycles. The van der Waals surface area contributed by atoms with Crippen LogP contribution in [0.15, 0.2) is 0 Å². The van der Waals surface area contributed by atoms with Crippen LogP contribution in [-0.2, 0) is 23.7 Å². The molecule has 6 nitrogen and oxygen atoms in total. The summed E-state index contributed by atoms with van der Waals surface area (Å²) < 4.78 is 20.7. The molecule has 1 aliphatic carbocycles. The first-order chi connectivity index (χ1) is 10.1. The lowest BCUT2D eigenvalue weighted by atomic mass is 9.98. The standard InChI is InChI=1S/C15H29NO5/c1-15(14(17)19-3,16-13-5-6-13)7-10-21-12-11-20-9-4-8-18-2/h13,16H,4-12H2,1-3H3. The molecule has 0 aromatic carbocycles. The van der Waals surface area contributed by atoms with Crippen LogP contribution in [0.3, 0.4) is 0 Å². The smallest absolute Gasteiger partial charge is 0.325 e. The number of carbonyl (C=O) groups is 1. The van der Waals surface area contributed by atoms with Gasteiger partial charge in [0.1, 0.15) is 5.54 Å². The van der Waals surface area contributed by atoms with Gasteiger partial charge in [0, 0.05) is 33.0 Å². The first-order valence-corrected chi connectivity index (χ1v) is 7.63. The third-order valence-electron chi connectivity index (χ3n) is 3.49. The zero-order valence-electron chi connectivity index (χ0n) is 13.5. The molecule has 0 radical (unpaired) electrons. The minimum absolute atomic E-state index is 0.228. The molecule has 0 bridgehead atoms. The largest absolute Gasteiger partial charge is 0.468 e. The predicted molar refractivity (Wildman–Crippen MR) is 79.3 cm³/mol. The van der Waals surface area contributed by atoms with Crippen molar-refractivity contribution in [3.8, 4) is 0 Å². The van der Waals surface area contributed by atoms with Crippen LogP contribution >= 0.6 is 0 Å². The van der Waals surface area contributed by atoms with E-state index in [4.69, 9.17) is 18.9 Å². The van der Waals surface area contributed by atoms with Gasteiger partial charge in [-0.2, -0.15) is 0 Å². The van der Waals surface area contributed by atoms with Gasteiger partial charge >= 0.3 is 5.97 Å². The van der Waals surface area contributed by atoms with Crippen LogP contribution in [0.2, 0.25) is 0 Å². The molecule has 0 aromatic rings. The van der Waals surface area contributed by atoms with Gasteiger partial charge in [0.15, 0.2) is 0 Å². The van der Waals surface area contributed by atoms with Crippen molar-refractivity contribution < 1.29 is 23.7 Å². The van der Waals surface area contributed by atoms with E-state index in [0.717, 1.165) is 19.3 Å². The molecule has 1 atom stereocenters. The van der Waals surface area contributed by atoms with Gasteiger partial charge in [-0.3, -0.25) is 10.1 Å². The van der Waals surface area contributed by atoms with Gasteiger partial charge in [-0.1, -0.05) is 0 Å². The number of hydrogen-bond acceptors (Lipinski definition) is 6. The highest BCUT2D eigenvalue weighted by atomic mass is 16.5. The Morgan fingerprint density at radius 1 is 1.10 bits per heavy atom. The Hall–Kier alpha value is -0.690. The summed E-state index contributed by atoms with van der Waals surface area (Å²) in [5.41, 5.74) is -0.658. The van der Waals surface area contributed by atoms with E-state index in [1.807, 2.05) is 6.92 Å². The molecular weight excluding hydrogens is 274 g/mol. The maximum absolute atomic E-state index is 11.9. The van der Waals surface area contributed by atoms with Crippen LogP contribution in [0.25, 0.3) is 0 Å². The molecule has 1 rings (SSSR count). The van der Waals surface area contributed by atoms with Crippen LogP contribution in [0.5, 0.6) is 0 Å². The van der Waals surface area contributed by atoms with Gasteiger partial charge in [-0.25, -0.2) is 0 Å². The van der Waals surface area contributed by atoms with Crippen molar-refractivity contribution in [1.82, 2.24) is 5.32 Å². The van der Waals surface area contributed by atoms with E-state index < -0.39 is 5.54 Å². The molecule has 0 aliphatic heterocycles. The Morgan fingerprint density at radius 3 is 2.33 bits per heavy atom. The minimum Gasteiger partial charge on any atom is -0.468 e. The third kappa shape index (κ3) is 7.76. The maximum Gasteiger partial charge on any atom is 0.325 e. The van der Waals surface area contributed by atoms with Gasteiger partial charge in [0.2, 0.25) is 0 Å². The summed E-state index contributed by atoms with van der Waals surface area (Å²) in [6.45, 7) is 4.88. The zero-order valence-corrected chi connectivity index (χ0v) is 13.5. The Bertz CT molecular complexity index is 296. The quantitative estimate of drug-likeness (QED) is 0.406. The zero-order chi connectivity index (χ0) is 15.6. The molecule has 0 aromatic heterocycles. The second-order valence-corrected chi connectivity index (χ2v) is 5.56. The monoisotopic (exact) mass is 303 g/mol. The number of nitrogens with one attached hydrogen (secondary N) is 1. The van der Waals surface area contributed by atoms with Crippen molar-refractivity contribution in [3.05, 3.63) is 0 Å². The normalized spacial score (nSPS) is 17.5. The highest BCUT2D eigenvalue weighted by Gasteiger charge is 2.39. The van der Waals surface area contributed by atoms with Crippen LogP contribution in [-0.4, -0.2) is 64.8 Å². The molecule has 0 spiro atoms. The van der Waals surface area contributed by atoms with Crippen LogP contribution in [0.4, 0.5) is 0 Å². The van der Waals surface area contributed by atoms with E-state index in [1.54, 1.807) is 7.11 Å². The minimum atomic E-state index is -0.658. The number of carbonyl (C=O) groups excluding carboxylic acids is 1. The summed E-state index contributed by atoms with van der Waals surface area (Å²) in [6, 6.07) is 0.443. The number of hydrogen-bond donors (Lipinski definition) is 1. The van der Waals surface area contributed by atoms with Crippen molar-refractivity contribution in [2.45, 2.75) is 44.2 Å². The highest BCUT2D eigenvalue weighted by Crippen LogP contribution is 2.24. The first-order valence-electron chi connectivity index (χ1n) is 7.63. The van der Waals surface area contributed by atoms with Crippen molar-refractivity contribution in [2.75, 3.05) is 47.3 Å². The summed E-state index contributed by atoms with van der Waals surface area (Å²) in [6.07, 6.45) is 3.74. The number of rotatable bonds is 13. The van der Waals surface area contributed by atoms with Crippen LogP contribution in [0.1, 0.15) is 32.6 Å².